The van der Waals surface area contributed by atoms with Gasteiger partial charge in [-0.3, -0.25) is 9.69 Å². The van der Waals surface area contributed by atoms with Crippen LogP contribution in [0.2, 0.25) is 5.02 Å². The Balaban J connectivity index is 1.48. The fourth-order valence-electron chi connectivity index (χ4n) is 3.03. The van der Waals surface area contributed by atoms with E-state index in [2.05, 4.69) is 9.64 Å². The summed E-state index contributed by atoms with van der Waals surface area (Å²) >= 11 is 6.08. The van der Waals surface area contributed by atoms with Gasteiger partial charge in [-0.15, -0.1) is 0 Å². The van der Waals surface area contributed by atoms with Crippen LogP contribution in [0.25, 0.3) is 0 Å². The highest BCUT2D eigenvalue weighted by Gasteiger charge is 2.16. The lowest BCUT2D eigenvalue weighted by Crippen LogP contribution is -2.43. The number of alkyl halides is 2. The van der Waals surface area contributed by atoms with Crippen LogP contribution in [-0.2, 0) is 6.54 Å². The molecule has 0 atom stereocenters. The molecule has 0 unspecified atom stereocenters. The van der Waals surface area contributed by atoms with Crippen LogP contribution < -0.4 is 4.74 Å². The normalized spacial score (nSPS) is 15.3. The molecular weight excluding hydrogens is 405 g/mol. The molecule has 0 amide bonds. The first-order valence-electron chi connectivity index (χ1n) is 9.08. The van der Waals surface area contributed by atoms with E-state index in [1.807, 2.05) is 4.90 Å². The van der Waals surface area contributed by atoms with Crippen LogP contribution in [0, 0.1) is 5.82 Å². The van der Waals surface area contributed by atoms with E-state index in [4.69, 9.17) is 11.6 Å². The maximum atomic E-state index is 13.1. The van der Waals surface area contributed by atoms with Crippen molar-refractivity contribution in [2.45, 2.75) is 13.2 Å². The lowest BCUT2D eigenvalue weighted by atomic mass is 10.1. The summed E-state index contributed by atoms with van der Waals surface area (Å²) in [7, 11) is 0. The van der Waals surface area contributed by atoms with E-state index in [9.17, 15) is 18.0 Å². The van der Waals surface area contributed by atoms with E-state index in [0.717, 1.165) is 31.7 Å². The number of halogens is 4. The third-order valence-electron chi connectivity index (χ3n) is 4.62. The number of carbonyl (C=O) groups is 1. The minimum atomic E-state index is -2.89. The quantitative estimate of drug-likeness (QED) is 0.480. The Kier molecular flexibility index (Phi) is 7.17. The summed E-state index contributed by atoms with van der Waals surface area (Å²) in [6.45, 7) is 0.794. The van der Waals surface area contributed by atoms with Gasteiger partial charge >= 0.3 is 6.61 Å². The number of benzene rings is 2. The van der Waals surface area contributed by atoms with Crippen molar-refractivity contribution >= 4 is 17.4 Å². The second kappa shape index (κ2) is 9.80. The van der Waals surface area contributed by atoms with Crippen molar-refractivity contribution < 1.29 is 22.7 Å². The van der Waals surface area contributed by atoms with Crippen molar-refractivity contribution in [3.8, 4) is 5.75 Å². The average Bonchev–Trinajstić information content (AvgIpc) is 2.69. The number of allylic oxidation sites excluding steroid dienone is 1. The van der Waals surface area contributed by atoms with Gasteiger partial charge in [0.25, 0.3) is 0 Å². The van der Waals surface area contributed by atoms with Crippen molar-refractivity contribution in [2.75, 3.05) is 26.2 Å². The first-order chi connectivity index (χ1) is 13.9. The number of hydrogen-bond donors (Lipinski definition) is 0. The Bertz CT molecular complexity index is 867. The molecule has 1 heterocycles. The molecule has 2 aromatic carbocycles. The molecule has 1 fully saturated rings. The van der Waals surface area contributed by atoms with Gasteiger partial charge in [-0.1, -0.05) is 17.7 Å². The van der Waals surface area contributed by atoms with Gasteiger partial charge in [0.15, 0.2) is 5.78 Å². The zero-order chi connectivity index (χ0) is 20.8. The molecule has 3 rings (SSSR count). The second-order valence-electron chi connectivity index (χ2n) is 6.63. The van der Waals surface area contributed by atoms with Crippen molar-refractivity contribution in [1.29, 1.82) is 0 Å². The van der Waals surface area contributed by atoms with Crippen molar-refractivity contribution in [2.24, 2.45) is 0 Å². The van der Waals surface area contributed by atoms with Gasteiger partial charge in [0.05, 0.1) is 0 Å². The molecule has 0 saturated carbocycles. The number of hydrogen-bond acceptors (Lipinski definition) is 4. The lowest BCUT2D eigenvalue weighted by Gasteiger charge is -2.34. The molecule has 0 spiro atoms. The van der Waals surface area contributed by atoms with E-state index in [1.165, 1.54) is 42.5 Å². The Morgan fingerprint density at radius 1 is 1.10 bits per heavy atom. The predicted molar refractivity (Wildman–Crippen MR) is 105 cm³/mol. The Labute approximate surface area is 172 Å². The number of rotatable bonds is 7. The van der Waals surface area contributed by atoms with E-state index in [-0.39, 0.29) is 17.3 Å². The lowest BCUT2D eigenvalue weighted by molar-refractivity contribution is -0.0498. The highest BCUT2D eigenvalue weighted by atomic mass is 35.5. The molecule has 8 heteroatoms. The van der Waals surface area contributed by atoms with Gasteiger partial charge in [-0.25, -0.2) is 4.39 Å². The zero-order valence-electron chi connectivity index (χ0n) is 15.5. The molecule has 2 aromatic rings. The first kappa shape index (κ1) is 21.2. The third kappa shape index (κ3) is 6.24. The molecule has 29 heavy (non-hydrogen) atoms. The van der Waals surface area contributed by atoms with Crippen LogP contribution >= 0.6 is 11.6 Å². The fraction of sp³-hybridized carbons (Fsp3) is 0.286. The molecule has 0 aromatic heterocycles. The molecular formula is C21H20ClF3N2O2. The van der Waals surface area contributed by atoms with Crippen LogP contribution in [0.3, 0.4) is 0 Å². The van der Waals surface area contributed by atoms with Crippen LogP contribution in [0.4, 0.5) is 13.2 Å². The summed E-state index contributed by atoms with van der Waals surface area (Å²) < 4.78 is 41.7. The third-order valence-corrected chi connectivity index (χ3v) is 4.97. The molecule has 0 N–H and O–H groups in total. The van der Waals surface area contributed by atoms with Crippen LogP contribution in [0.5, 0.6) is 5.75 Å². The SMILES string of the molecule is O=C(/C=C/N1CCN(Cc2ccc(F)cc2Cl)CC1)c1ccc(OC(F)F)cc1. The van der Waals surface area contributed by atoms with Crippen LogP contribution in [0.15, 0.2) is 54.7 Å². The number of carbonyl (C=O) groups excluding carboxylic acids is 1. The standard InChI is InChI=1S/C21H20ClF3N2O2/c22-19-13-17(23)4-1-16(19)14-27-11-9-26(10-12-27)8-7-20(28)15-2-5-18(6-3-15)29-21(24)25/h1-8,13,21H,9-12,14H2/b8-7+. The van der Waals surface area contributed by atoms with E-state index >= 15 is 0 Å². The Hall–Kier alpha value is -2.51. The molecule has 0 bridgehead atoms. The van der Waals surface area contributed by atoms with Gasteiger partial charge in [0.1, 0.15) is 11.6 Å². The van der Waals surface area contributed by atoms with Crippen LogP contribution in [0.1, 0.15) is 15.9 Å². The second-order valence-corrected chi connectivity index (χ2v) is 7.04. The summed E-state index contributed by atoms with van der Waals surface area (Å²) in [6.07, 6.45) is 3.21. The van der Waals surface area contributed by atoms with E-state index in [0.29, 0.717) is 17.1 Å². The van der Waals surface area contributed by atoms with Crippen LogP contribution in [-0.4, -0.2) is 48.4 Å². The first-order valence-corrected chi connectivity index (χ1v) is 9.46. The molecule has 1 saturated heterocycles. The van der Waals surface area contributed by atoms with Gasteiger partial charge in [0.2, 0.25) is 0 Å². The number of ether oxygens (including phenoxy) is 1. The molecule has 1 aliphatic heterocycles. The summed E-state index contributed by atoms with van der Waals surface area (Å²) in [5.41, 5.74) is 1.28. The molecule has 0 aliphatic carbocycles. The monoisotopic (exact) mass is 424 g/mol. The minimum absolute atomic E-state index is 0.0120. The number of ketones is 1. The number of piperazine rings is 1. The van der Waals surface area contributed by atoms with Gasteiger partial charge in [-0.2, -0.15) is 8.78 Å². The highest BCUT2D eigenvalue weighted by molar-refractivity contribution is 6.31. The van der Waals surface area contributed by atoms with Crippen molar-refractivity contribution in [3.05, 3.63) is 76.7 Å². The summed E-state index contributed by atoms with van der Waals surface area (Å²) in [5, 5.41) is 0.419. The highest BCUT2D eigenvalue weighted by Crippen LogP contribution is 2.20. The summed E-state index contributed by atoms with van der Waals surface area (Å²) in [6, 6.07) is 9.99. The van der Waals surface area contributed by atoms with Gasteiger partial charge in [-0.05, 0) is 42.0 Å². The molecule has 1 aliphatic rings. The maximum Gasteiger partial charge on any atom is 0.387 e. The molecule has 154 valence electrons. The Morgan fingerprint density at radius 3 is 2.41 bits per heavy atom. The van der Waals surface area contributed by atoms with E-state index < -0.39 is 6.61 Å². The minimum Gasteiger partial charge on any atom is -0.435 e. The maximum absolute atomic E-state index is 13.1. The van der Waals surface area contributed by atoms with Crippen molar-refractivity contribution in [1.82, 2.24) is 9.80 Å². The fourth-order valence-corrected chi connectivity index (χ4v) is 3.26. The van der Waals surface area contributed by atoms with Gasteiger partial charge < -0.3 is 9.64 Å². The molecule has 0 radical (unpaired) electrons. The smallest absolute Gasteiger partial charge is 0.387 e. The van der Waals surface area contributed by atoms with E-state index in [1.54, 1.807) is 12.3 Å². The predicted octanol–water partition coefficient (Wildman–Crippen LogP) is 4.59. The van der Waals surface area contributed by atoms with Crippen molar-refractivity contribution in [3.63, 3.8) is 0 Å². The summed E-state index contributed by atoms with van der Waals surface area (Å²) in [4.78, 5) is 16.5. The number of nitrogens with zero attached hydrogens (tertiary/aromatic N) is 2. The summed E-state index contributed by atoms with van der Waals surface area (Å²) in [5.74, 6) is -0.554. The molecule has 4 nitrogen and oxygen atoms in total. The topological polar surface area (TPSA) is 32.8 Å². The zero-order valence-corrected chi connectivity index (χ0v) is 16.3. The average molecular weight is 425 g/mol. The van der Waals surface area contributed by atoms with Gasteiger partial charge in [0, 0.05) is 55.6 Å². The largest absolute Gasteiger partial charge is 0.435 e. The Morgan fingerprint density at radius 2 is 1.79 bits per heavy atom.